The summed E-state index contributed by atoms with van der Waals surface area (Å²) in [6.07, 6.45) is 0.973. The third kappa shape index (κ3) is 2.96. The molecule has 0 unspecified atom stereocenters. The van der Waals surface area contributed by atoms with Crippen LogP contribution in [0.3, 0.4) is 0 Å². The number of carbonyl (C=O) groups excluding carboxylic acids is 1. The minimum Gasteiger partial charge on any atom is -0.494 e. The average Bonchev–Trinajstić information content (AvgIpc) is 3.55. The molecule has 9 heteroatoms. The van der Waals surface area contributed by atoms with Gasteiger partial charge in [-0.15, -0.1) is 0 Å². The zero-order chi connectivity index (χ0) is 21.8. The number of fused-ring (bicyclic) bond motifs is 4. The summed E-state index contributed by atoms with van der Waals surface area (Å²) in [5.41, 5.74) is 3.03. The molecule has 0 radical (unpaired) electrons. The predicted octanol–water partition coefficient (Wildman–Crippen LogP) is 2.44. The van der Waals surface area contributed by atoms with Crippen molar-refractivity contribution in [2.45, 2.75) is 18.5 Å². The number of amides is 1. The Bertz CT molecular complexity index is 1310. The van der Waals surface area contributed by atoms with Crippen LogP contribution in [0.1, 0.15) is 17.5 Å². The number of likely N-dealkylation sites (tertiary alicyclic amines) is 1. The van der Waals surface area contributed by atoms with Gasteiger partial charge in [-0.3, -0.25) is 4.79 Å². The van der Waals surface area contributed by atoms with E-state index in [4.69, 9.17) is 4.84 Å². The number of aromatic nitrogens is 1. The maximum atomic E-state index is 13.9. The highest BCUT2D eigenvalue weighted by molar-refractivity contribution is 6.58. The van der Waals surface area contributed by atoms with Crippen LogP contribution in [-0.4, -0.2) is 64.1 Å². The molecule has 3 aliphatic rings. The third-order valence-electron chi connectivity index (χ3n) is 6.31. The van der Waals surface area contributed by atoms with Gasteiger partial charge in [0.15, 0.2) is 12.5 Å². The molecule has 2 fully saturated rings. The van der Waals surface area contributed by atoms with Gasteiger partial charge in [0.2, 0.25) is 0 Å². The summed E-state index contributed by atoms with van der Waals surface area (Å²) in [7, 11) is 0. The molecule has 3 N–H and O–H groups in total. The molecule has 8 nitrogen and oxygen atoms in total. The predicted molar refractivity (Wildman–Crippen MR) is 117 cm³/mol. The van der Waals surface area contributed by atoms with Crippen molar-refractivity contribution in [2.24, 2.45) is 10.1 Å². The van der Waals surface area contributed by atoms with Crippen LogP contribution >= 0.6 is 0 Å². The average molecular weight is 433 g/mol. The number of piperazine rings is 1. The fourth-order valence-corrected chi connectivity index (χ4v) is 4.83. The number of hydrogen-bond donors (Lipinski definition) is 3. The van der Waals surface area contributed by atoms with Crippen LogP contribution in [0.5, 0.6) is 5.88 Å². The fraction of sp³-hybridized carbons (Fsp3) is 0.261. The van der Waals surface area contributed by atoms with Gasteiger partial charge < -0.3 is 25.1 Å². The minimum atomic E-state index is -0.427. The SMILES string of the molecule is O=C(CON=C1C(c2c(O)[nH]c3ccc(F)cc23)=Nc2ccccc21)N1C[C@@H]2C[C@H]1CN2. The lowest BCUT2D eigenvalue weighted by Crippen LogP contribution is -2.47. The first-order chi connectivity index (χ1) is 15.6. The van der Waals surface area contributed by atoms with Crippen molar-refractivity contribution >= 4 is 33.9 Å². The van der Waals surface area contributed by atoms with Crippen LogP contribution in [0.15, 0.2) is 52.6 Å². The highest BCUT2D eigenvalue weighted by Gasteiger charge is 2.40. The number of para-hydroxylation sites is 1. The second-order valence-corrected chi connectivity index (χ2v) is 8.27. The lowest BCUT2D eigenvalue weighted by molar-refractivity contribution is -0.137. The summed E-state index contributed by atoms with van der Waals surface area (Å²) in [5, 5.41) is 18.7. The highest BCUT2D eigenvalue weighted by atomic mass is 19.1. The number of nitrogens with zero attached hydrogens (tertiary/aromatic N) is 3. The quantitative estimate of drug-likeness (QED) is 0.550. The number of benzene rings is 2. The van der Waals surface area contributed by atoms with Crippen LogP contribution in [-0.2, 0) is 9.63 Å². The first kappa shape index (κ1) is 19.0. The Morgan fingerprint density at radius 1 is 1.31 bits per heavy atom. The molecule has 32 heavy (non-hydrogen) atoms. The molecular weight excluding hydrogens is 413 g/mol. The molecule has 0 spiro atoms. The largest absolute Gasteiger partial charge is 0.494 e. The first-order valence-corrected chi connectivity index (χ1v) is 10.5. The number of H-pyrrole nitrogens is 1. The van der Waals surface area contributed by atoms with Crippen molar-refractivity contribution in [3.63, 3.8) is 0 Å². The minimum absolute atomic E-state index is 0.106. The zero-order valence-electron chi connectivity index (χ0n) is 17.0. The molecule has 6 rings (SSSR count). The lowest BCUT2D eigenvalue weighted by Gasteiger charge is -2.26. The number of oxime groups is 1. The van der Waals surface area contributed by atoms with Gasteiger partial charge in [0, 0.05) is 41.6 Å². The number of halogens is 1. The Hall–Kier alpha value is -3.72. The topological polar surface area (TPSA) is 102 Å². The van der Waals surface area contributed by atoms with E-state index in [0.717, 1.165) is 13.0 Å². The number of carbonyl (C=O) groups is 1. The van der Waals surface area contributed by atoms with Crippen molar-refractivity contribution in [2.75, 3.05) is 19.7 Å². The van der Waals surface area contributed by atoms with E-state index in [9.17, 15) is 14.3 Å². The molecule has 3 aromatic rings. The Morgan fingerprint density at radius 2 is 2.19 bits per heavy atom. The van der Waals surface area contributed by atoms with Gasteiger partial charge in [0.1, 0.15) is 17.2 Å². The molecule has 0 aliphatic carbocycles. The molecule has 2 bridgehead atoms. The van der Waals surface area contributed by atoms with Crippen molar-refractivity contribution in [1.29, 1.82) is 0 Å². The molecule has 2 aromatic carbocycles. The maximum absolute atomic E-state index is 13.9. The molecule has 0 saturated carbocycles. The smallest absolute Gasteiger partial charge is 0.263 e. The van der Waals surface area contributed by atoms with Gasteiger partial charge in [0.05, 0.1) is 11.3 Å². The van der Waals surface area contributed by atoms with Gasteiger partial charge in [-0.05, 0) is 30.7 Å². The molecule has 2 atom stereocenters. The summed E-state index contributed by atoms with van der Waals surface area (Å²) in [4.78, 5) is 27.4. The number of aromatic amines is 1. The van der Waals surface area contributed by atoms with Crippen LogP contribution < -0.4 is 5.32 Å². The number of aromatic hydroxyl groups is 1. The number of rotatable bonds is 4. The van der Waals surface area contributed by atoms with Crippen molar-refractivity contribution in [1.82, 2.24) is 15.2 Å². The first-order valence-electron chi connectivity index (χ1n) is 10.5. The number of aliphatic imine (C=N–C) groups is 1. The Kier molecular flexibility index (Phi) is 4.25. The summed E-state index contributed by atoms with van der Waals surface area (Å²) in [6.45, 7) is 1.32. The van der Waals surface area contributed by atoms with Crippen molar-refractivity contribution in [3.05, 3.63) is 59.4 Å². The molecule has 1 aromatic heterocycles. The molecule has 3 aliphatic heterocycles. The van der Waals surface area contributed by atoms with Crippen molar-refractivity contribution in [3.8, 4) is 5.88 Å². The van der Waals surface area contributed by atoms with E-state index in [2.05, 4.69) is 20.4 Å². The van der Waals surface area contributed by atoms with Crippen LogP contribution in [0.4, 0.5) is 10.1 Å². The van der Waals surface area contributed by atoms with Crippen LogP contribution in [0, 0.1) is 5.82 Å². The summed E-state index contributed by atoms with van der Waals surface area (Å²) in [6, 6.07) is 12.1. The molecule has 2 saturated heterocycles. The number of hydrogen-bond acceptors (Lipinski definition) is 6. The second-order valence-electron chi connectivity index (χ2n) is 8.27. The standard InChI is InChI=1S/C23H20FN5O3/c24-12-5-6-18-16(7-12)20(23(31)27-18)22-21(15-3-1-2-4-17(15)26-22)28-32-11-19(30)29-10-13-8-14(29)9-25-13/h1-7,13-14,25,27,31H,8-11H2/t13-,14-/m0/s1. The van der Waals surface area contributed by atoms with Gasteiger partial charge in [-0.2, -0.15) is 0 Å². The van der Waals surface area contributed by atoms with Gasteiger partial charge in [0.25, 0.3) is 5.91 Å². The van der Waals surface area contributed by atoms with Crippen LogP contribution in [0.25, 0.3) is 10.9 Å². The van der Waals surface area contributed by atoms with Gasteiger partial charge >= 0.3 is 0 Å². The maximum Gasteiger partial charge on any atom is 0.263 e. The summed E-state index contributed by atoms with van der Waals surface area (Å²) in [5.74, 6) is -0.671. The van der Waals surface area contributed by atoms with E-state index in [1.165, 1.54) is 12.1 Å². The van der Waals surface area contributed by atoms with E-state index in [1.807, 2.05) is 29.2 Å². The molecule has 4 heterocycles. The van der Waals surface area contributed by atoms with E-state index in [0.29, 0.717) is 51.7 Å². The molecular formula is C23H20FN5O3. The monoisotopic (exact) mass is 433 g/mol. The van der Waals surface area contributed by atoms with Crippen LogP contribution in [0.2, 0.25) is 0 Å². The van der Waals surface area contributed by atoms with E-state index < -0.39 is 5.82 Å². The van der Waals surface area contributed by atoms with Crippen molar-refractivity contribution < 1.29 is 19.1 Å². The number of nitrogens with one attached hydrogen (secondary N) is 2. The van der Waals surface area contributed by atoms with E-state index >= 15 is 0 Å². The summed E-state index contributed by atoms with van der Waals surface area (Å²) < 4.78 is 13.9. The third-order valence-corrected chi connectivity index (χ3v) is 6.31. The molecule has 1 amide bonds. The summed E-state index contributed by atoms with van der Waals surface area (Å²) >= 11 is 0. The van der Waals surface area contributed by atoms with E-state index in [1.54, 1.807) is 6.07 Å². The van der Waals surface area contributed by atoms with E-state index in [-0.39, 0.29) is 24.4 Å². The zero-order valence-corrected chi connectivity index (χ0v) is 17.0. The Balaban J connectivity index is 1.33. The lowest BCUT2D eigenvalue weighted by atomic mass is 10.0. The Labute approximate surface area is 182 Å². The van der Waals surface area contributed by atoms with Gasteiger partial charge in [-0.25, -0.2) is 9.38 Å². The second kappa shape index (κ2) is 7.16. The fourth-order valence-electron chi connectivity index (χ4n) is 4.83. The van der Waals surface area contributed by atoms with Gasteiger partial charge in [-0.1, -0.05) is 23.4 Å². The Morgan fingerprint density at radius 3 is 3.00 bits per heavy atom. The molecule has 162 valence electrons. The highest BCUT2D eigenvalue weighted by Crippen LogP contribution is 2.36. The normalized spacial score (nSPS) is 22.6.